The van der Waals surface area contributed by atoms with Crippen molar-refractivity contribution in [1.29, 1.82) is 0 Å². The first-order valence-electron chi connectivity index (χ1n) is 10.0. The molecule has 0 aliphatic rings. The van der Waals surface area contributed by atoms with Crippen LogP contribution in [0.25, 0.3) is 16.9 Å². The monoisotopic (exact) mass is 459 g/mol. The van der Waals surface area contributed by atoms with Gasteiger partial charge in [-0.25, -0.2) is 4.68 Å². The lowest BCUT2D eigenvalue weighted by atomic mass is 10.1. The molecule has 166 valence electrons. The number of benzene rings is 2. The van der Waals surface area contributed by atoms with Crippen molar-refractivity contribution in [1.82, 2.24) is 35.7 Å². The van der Waals surface area contributed by atoms with Gasteiger partial charge in [-0.3, -0.25) is 30.4 Å². The number of aromatic nitrogens is 4. The molecule has 0 unspecified atom stereocenters. The minimum Gasteiger partial charge on any atom is -0.298 e. The second kappa shape index (κ2) is 9.45. The molecule has 0 fully saturated rings. The molecule has 0 atom stereocenters. The molecular formula is C23H21N7O2S. The summed E-state index contributed by atoms with van der Waals surface area (Å²) in [6.45, 7) is 1.79. The minimum atomic E-state index is -0.459. The molecule has 4 aromatic rings. The summed E-state index contributed by atoms with van der Waals surface area (Å²) >= 11 is 5.19. The predicted molar refractivity (Wildman–Crippen MR) is 128 cm³/mol. The zero-order chi connectivity index (χ0) is 23.4. The van der Waals surface area contributed by atoms with Crippen LogP contribution in [0.3, 0.4) is 0 Å². The van der Waals surface area contributed by atoms with Crippen LogP contribution in [-0.2, 0) is 7.05 Å². The number of amides is 2. The largest absolute Gasteiger partial charge is 0.298 e. The fraction of sp³-hybridized carbons (Fsp3) is 0.0870. The van der Waals surface area contributed by atoms with E-state index in [1.807, 2.05) is 60.7 Å². The van der Waals surface area contributed by atoms with E-state index in [0.717, 1.165) is 11.3 Å². The molecule has 0 saturated heterocycles. The first-order valence-corrected chi connectivity index (χ1v) is 10.5. The molecule has 0 saturated carbocycles. The molecule has 0 radical (unpaired) electrons. The number of carbonyl (C=O) groups is 2. The van der Waals surface area contributed by atoms with Crippen molar-refractivity contribution < 1.29 is 9.59 Å². The molecule has 4 rings (SSSR count). The first kappa shape index (κ1) is 21.9. The molecule has 0 aliphatic carbocycles. The van der Waals surface area contributed by atoms with E-state index in [0.29, 0.717) is 22.6 Å². The highest BCUT2D eigenvalue weighted by Gasteiger charge is 2.20. The number of carbonyl (C=O) groups excluding carboxylic acids is 2. The molecule has 10 heteroatoms. The van der Waals surface area contributed by atoms with Crippen LogP contribution < -0.4 is 16.2 Å². The van der Waals surface area contributed by atoms with Crippen LogP contribution in [0.15, 0.2) is 72.9 Å². The van der Waals surface area contributed by atoms with Crippen molar-refractivity contribution in [2.75, 3.05) is 0 Å². The molecule has 0 bridgehead atoms. The summed E-state index contributed by atoms with van der Waals surface area (Å²) in [4.78, 5) is 25.4. The standard InChI is InChI=1S/C23H21N7O2S/c1-15-13-19(29(2)27-15)22(32)25-26-23(33)24-21(31)18-14-30(17-11-7-4-8-12-17)28-20(18)16-9-5-3-6-10-16/h3-14H,1-2H3,(H,25,32)(H2,24,26,31,33). The van der Waals surface area contributed by atoms with Crippen molar-refractivity contribution in [3.05, 3.63) is 89.9 Å². The number of hydrogen-bond acceptors (Lipinski definition) is 5. The van der Waals surface area contributed by atoms with Gasteiger partial charge in [-0.2, -0.15) is 10.2 Å². The van der Waals surface area contributed by atoms with Crippen molar-refractivity contribution in [3.63, 3.8) is 0 Å². The van der Waals surface area contributed by atoms with Crippen molar-refractivity contribution in [3.8, 4) is 16.9 Å². The van der Waals surface area contributed by atoms with Gasteiger partial charge in [-0.05, 0) is 37.3 Å². The van der Waals surface area contributed by atoms with Crippen LogP contribution in [-0.4, -0.2) is 36.5 Å². The maximum absolute atomic E-state index is 13.0. The predicted octanol–water partition coefficient (Wildman–Crippen LogP) is 2.53. The summed E-state index contributed by atoms with van der Waals surface area (Å²) in [6, 6.07) is 20.5. The maximum atomic E-state index is 13.0. The molecule has 2 aromatic carbocycles. The first-order chi connectivity index (χ1) is 15.9. The fourth-order valence-corrected chi connectivity index (χ4v) is 3.41. The van der Waals surface area contributed by atoms with E-state index >= 15 is 0 Å². The highest BCUT2D eigenvalue weighted by atomic mass is 32.1. The molecule has 0 aliphatic heterocycles. The Balaban J connectivity index is 1.51. The molecule has 2 aromatic heterocycles. The summed E-state index contributed by atoms with van der Waals surface area (Å²) in [5.41, 5.74) is 8.52. The molecule has 9 nitrogen and oxygen atoms in total. The molecule has 0 spiro atoms. The lowest BCUT2D eigenvalue weighted by Gasteiger charge is -2.10. The van der Waals surface area contributed by atoms with Crippen LogP contribution >= 0.6 is 12.2 Å². The summed E-state index contributed by atoms with van der Waals surface area (Å²) in [5, 5.41) is 11.3. The van der Waals surface area contributed by atoms with E-state index < -0.39 is 11.8 Å². The number of nitrogens with zero attached hydrogens (tertiary/aromatic N) is 4. The van der Waals surface area contributed by atoms with Gasteiger partial charge in [0.25, 0.3) is 11.8 Å². The van der Waals surface area contributed by atoms with E-state index in [-0.39, 0.29) is 5.11 Å². The lowest BCUT2D eigenvalue weighted by molar-refractivity contribution is 0.0926. The Bertz CT molecular complexity index is 1310. The molecular weight excluding hydrogens is 438 g/mol. The number of hydrogen-bond donors (Lipinski definition) is 3. The van der Waals surface area contributed by atoms with Gasteiger partial charge in [0.2, 0.25) is 0 Å². The Hall–Kier alpha value is -4.31. The fourth-order valence-electron chi connectivity index (χ4n) is 3.26. The van der Waals surface area contributed by atoms with E-state index in [2.05, 4.69) is 26.4 Å². The van der Waals surface area contributed by atoms with Gasteiger partial charge in [0, 0.05) is 18.8 Å². The normalized spacial score (nSPS) is 10.5. The highest BCUT2D eigenvalue weighted by Crippen LogP contribution is 2.23. The van der Waals surface area contributed by atoms with Gasteiger partial charge in [0.05, 0.1) is 16.9 Å². The number of hydrazine groups is 1. The SMILES string of the molecule is Cc1cc(C(=O)NNC(=S)NC(=O)c2cn(-c3ccccc3)nc2-c2ccccc2)n(C)n1. The van der Waals surface area contributed by atoms with Gasteiger partial charge in [-0.1, -0.05) is 48.5 Å². The van der Waals surface area contributed by atoms with Crippen LogP contribution in [0.4, 0.5) is 0 Å². The van der Waals surface area contributed by atoms with Crippen LogP contribution in [0, 0.1) is 6.92 Å². The van der Waals surface area contributed by atoms with Crippen LogP contribution in [0.1, 0.15) is 26.5 Å². The topological polar surface area (TPSA) is 106 Å². The molecule has 2 heterocycles. The Labute approximate surface area is 195 Å². The van der Waals surface area contributed by atoms with Gasteiger partial charge in [-0.15, -0.1) is 0 Å². The number of nitrogens with one attached hydrogen (secondary N) is 3. The van der Waals surface area contributed by atoms with E-state index in [1.54, 1.807) is 30.9 Å². The summed E-state index contributed by atoms with van der Waals surface area (Å²) in [6.07, 6.45) is 1.65. The third kappa shape index (κ3) is 4.96. The summed E-state index contributed by atoms with van der Waals surface area (Å²) in [5.74, 6) is -0.893. The van der Waals surface area contributed by atoms with Crippen molar-refractivity contribution >= 4 is 29.1 Å². The molecule has 2 amide bonds. The number of aryl methyl sites for hydroxylation is 2. The van der Waals surface area contributed by atoms with Crippen molar-refractivity contribution in [2.24, 2.45) is 7.05 Å². The number of para-hydroxylation sites is 1. The maximum Gasteiger partial charge on any atom is 0.287 e. The van der Waals surface area contributed by atoms with Crippen LogP contribution in [0.2, 0.25) is 0 Å². The zero-order valence-electron chi connectivity index (χ0n) is 17.9. The Kier molecular flexibility index (Phi) is 6.27. The average Bonchev–Trinajstić information content (AvgIpc) is 3.42. The third-order valence-corrected chi connectivity index (χ3v) is 4.98. The van der Waals surface area contributed by atoms with Gasteiger partial charge in [0.1, 0.15) is 11.4 Å². The highest BCUT2D eigenvalue weighted by molar-refractivity contribution is 7.80. The lowest BCUT2D eigenvalue weighted by Crippen LogP contribution is -2.48. The number of thiocarbonyl (C=S) groups is 1. The van der Waals surface area contributed by atoms with Gasteiger partial charge >= 0.3 is 0 Å². The van der Waals surface area contributed by atoms with E-state index in [9.17, 15) is 9.59 Å². The second-order valence-corrected chi connectivity index (χ2v) is 7.60. The minimum absolute atomic E-state index is 0.0567. The smallest absolute Gasteiger partial charge is 0.287 e. The van der Waals surface area contributed by atoms with Gasteiger partial charge in [0.15, 0.2) is 5.11 Å². The van der Waals surface area contributed by atoms with Gasteiger partial charge < -0.3 is 0 Å². The quantitative estimate of drug-likeness (QED) is 0.320. The zero-order valence-corrected chi connectivity index (χ0v) is 18.8. The Morgan fingerprint density at radius 3 is 2.21 bits per heavy atom. The Morgan fingerprint density at radius 1 is 0.909 bits per heavy atom. The second-order valence-electron chi connectivity index (χ2n) is 7.19. The average molecular weight is 460 g/mol. The summed E-state index contributed by atoms with van der Waals surface area (Å²) in [7, 11) is 1.66. The van der Waals surface area contributed by atoms with Crippen molar-refractivity contribution in [2.45, 2.75) is 6.92 Å². The molecule has 3 N–H and O–H groups in total. The molecule has 33 heavy (non-hydrogen) atoms. The van der Waals surface area contributed by atoms with Crippen LogP contribution in [0.5, 0.6) is 0 Å². The van der Waals surface area contributed by atoms with E-state index in [4.69, 9.17) is 12.2 Å². The van der Waals surface area contributed by atoms with E-state index in [1.165, 1.54) is 4.68 Å². The summed E-state index contributed by atoms with van der Waals surface area (Å²) < 4.78 is 3.10. The Morgan fingerprint density at radius 2 is 1.58 bits per heavy atom. The third-order valence-electron chi connectivity index (χ3n) is 4.78. The number of rotatable bonds is 4.